The van der Waals surface area contributed by atoms with Gasteiger partial charge >= 0.3 is 0 Å². The van der Waals surface area contributed by atoms with Gasteiger partial charge < -0.3 is 19.7 Å². The zero-order valence-electron chi connectivity index (χ0n) is 24.0. The van der Waals surface area contributed by atoms with Crippen LogP contribution in [-0.2, 0) is 26.2 Å². The van der Waals surface area contributed by atoms with Crippen molar-refractivity contribution in [1.29, 1.82) is 0 Å². The zero-order chi connectivity index (χ0) is 29.6. The van der Waals surface area contributed by atoms with Crippen molar-refractivity contribution >= 4 is 27.5 Å². The summed E-state index contributed by atoms with van der Waals surface area (Å²) in [6.45, 7) is 6.90. The lowest BCUT2D eigenvalue weighted by Gasteiger charge is -2.32. The van der Waals surface area contributed by atoms with Gasteiger partial charge in [0.15, 0.2) is 11.5 Å². The van der Waals surface area contributed by atoms with Crippen molar-refractivity contribution in [3.63, 3.8) is 0 Å². The number of anilines is 1. The number of rotatable bonds is 11. The Kier molecular flexibility index (Phi) is 9.81. The molecular formula is C30H37N3O6S. The quantitative estimate of drug-likeness (QED) is 0.376. The molecule has 9 nitrogen and oxygen atoms in total. The molecule has 0 saturated carbocycles. The van der Waals surface area contributed by atoms with E-state index in [1.807, 2.05) is 51.1 Å². The van der Waals surface area contributed by atoms with Gasteiger partial charge in [-0.15, -0.1) is 0 Å². The molecule has 1 atom stereocenters. The van der Waals surface area contributed by atoms with Gasteiger partial charge in [0.2, 0.25) is 11.8 Å². The van der Waals surface area contributed by atoms with Crippen LogP contribution in [-0.4, -0.2) is 59.0 Å². The first-order chi connectivity index (χ1) is 18.9. The van der Waals surface area contributed by atoms with E-state index in [2.05, 4.69) is 5.32 Å². The van der Waals surface area contributed by atoms with Crippen LogP contribution in [0.15, 0.2) is 65.6 Å². The molecule has 40 heavy (non-hydrogen) atoms. The topological polar surface area (TPSA) is 105 Å². The number of benzene rings is 3. The first-order valence-corrected chi connectivity index (χ1v) is 14.2. The van der Waals surface area contributed by atoms with Crippen LogP contribution in [0, 0.1) is 20.8 Å². The van der Waals surface area contributed by atoms with Crippen molar-refractivity contribution in [3.8, 4) is 11.5 Å². The minimum Gasteiger partial charge on any atom is -0.493 e. The fraction of sp³-hybridized carbons (Fsp3) is 0.333. The minimum atomic E-state index is -4.25. The summed E-state index contributed by atoms with van der Waals surface area (Å²) in [5, 5.41) is 2.58. The molecule has 2 amide bonds. The standard InChI is InChI=1S/C30H37N3O6S/c1-20-8-10-24(11-9-20)18-32(23(4)30(35)31-5)29(34)19-33(25-15-21(2)14-22(3)16-25)40(36,37)26-12-13-27(38-6)28(17-26)39-7/h8-17,23H,18-19H2,1-7H3,(H,31,35)/t23-/m1/s1. The number of sulfonamides is 1. The van der Waals surface area contributed by atoms with Crippen LogP contribution in [0.2, 0.25) is 0 Å². The van der Waals surface area contributed by atoms with Crippen LogP contribution in [0.4, 0.5) is 5.69 Å². The molecule has 3 rings (SSSR count). The zero-order valence-corrected chi connectivity index (χ0v) is 24.8. The van der Waals surface area contributed by atoms with Crippen molar-refractivity contribution in [3.05, 3.63) is 82.9 Å². The van der Waals surface area contributed by atoms with Crippen molar-refractivity contribution in [2.45, 2.75) is 45.2 Å². The molecule has 214 valence electrons. The lowest BCUT2D eigenvalue weighted by Crippen LogP contribution is -2.50. The van der Waals surface area contributed by atoms with Crippen molar-refractivity contribution < 1.29 is 27.5 Å². The molecule has 0 saturated heterocycles. The van der Waals surface area contributed by atoms with Crippen LogP contribution in [0.3, 0.4) is 0 Å². The SMILES string of the molecule is CNC(=O)[C@@H](C)N(Cc1ccc(C)cc1)C(=O)CN(c1cc(C)cc(C)c1)S(=O)(=O)c1ccc(OC)c(OC)c1. The molecule has 3 aromatic rings. The van der Waals surface area contributed by atoms with Crippen molar-refractivity contribution in [2.24, 2.45) is 0 Å². The largest absolute Gasteiger partial charge is 0.493 e. The molecule has 1 N–H and O–H groups in total. The maximum absolute atomic E-state index is 14.1. The lowest BCUT2D eigenvalue weighted by atomic mass is 10.1. The van der Waals surface area contributed by atoms with Crippen LogP contribution in [0.5, 0.6) is 11.5 Å². The van der Waals surface area contributed by atoms with Gasteiger partial charge in [-0.1, -0.05) is 35.9 Å². The van der Waals surface area contributed by atoms with Gasteiger partial charge in [-0.25, -0.2) is 8.42 Å². The normalized spacial score (nSPS) is 11.9. The first kappa shape index (κ1) is 30.5. The van der Waals surface area contributed by atoms with Crippen LogP contribution in [0.25, 0.3) is 0 Å². The monoisotopic (exact) mass is 567 g/mol. The van der Waals surface area contributed by atoms with E-state index in [-0.39, 0.29) is 23.1 Å². The number of methoxy groups -OCH3 is 2. The summed E-state index contributed by atoms with van der Waals surface area (Å²) < 4.78 is 39.9. The number of ether oxygens (including phenoxy) is 2. The van der Waals surface area contributed by atoms with Crippen molar-refractivity contribution in [1.82, 2.24) is 10.2 Å². The highest BCUT2D eigenvalue weighted by Crippen LogP contribution is 2.33. The van der Waals surface area contributed by atoms with Crippen molar-refractivity contribution in [2.75, 3.05) is 32.1 Å². The third-order valence-corrected chi connectivity index (χ3v) is 8.37. The molecule has 0 aliphatic heterocycles. The number of nitrogens with zero attached hydrogens (tertiary/aromatic N) is 2. The first-order valence-electron chi connectivity index (χ1n) is 12.8. The van der Waals surface area contributed by atoms with Gasteiger partial charge in [-0.2, -0.15) is 0 Å². The van der Waals surface area contributed by atoms with Crippen LogP contribution in [0.1, 0.15) is 29.2 Å². The maximum atomic E-state index is 14.1. The highest BCUT2D eigenvalue weighted by molar-refractivity contribution is 7.92. The molecular weight excluding hydrogens is 530 g/mol. The number of aryl methyl sites for hydroxylation is 3. The van der Waals surface area contributed by atoms with E-state index in [9.17, 15) is 18.0 Å². The third-order valence-electron chi connectivity index (χ3n) is 6.60. The van der Waals surface area contributed by atoms with E-state index >= 15 is 0 Å². The Bertz CT molecular complexity index is 1450. The second-order valence-corrected chi connectivity index (χ2v) is 11.5. The fourth-order valence-corrected chi connectivity index (χ4v) is 5.82. The van der Waals surface area contributed by atoms with E-state index in [0.717, 1.165) is 26.6 Å². The smallest absolute Gasteiger partial charge is 0.264 e. The summed E-state index contributed by atoms with van der Waals surface area (Å²) in [5.41, 5.74) is 3.89. The van der Waals surface area contributed by atoms with Gasteiger partial charge in [-0.05, 0) is 68.7 Å². The Balaban J connectivity index is 2.10. The highest BCUT2D eigenvalue weighted by Gasteiger charge is 2.33. The summed E-state index contributed by atoms with van der Waals surface area (Å²) >= 11 is 0. The summed E-state index contributed by atoms with van der Waals surface area (Å²) in [7, 11) is 0.123. The summed E-state index contributed by atoms with van der Waals surface area (Å²) in [6.07, 6.45) is 0. The van der Waals surface area contributed by atoms with E-state index in [1.54, 1.807) is 19.1 Å². The number of hydrogen-bond acceptors (Lipinski definition) is 6. The second-order valence-electron chi connectivity index (χ2n) is 9.67. The molecule has 0 heterocycles. The molecule has 0 fully saturated rings. The van der Waals surface area contributed by atoms with E-state index < -0.39 is 28.5 Å². The van der Waals surface area contributed by atoms with Gasteiger partial charge in [0.1, 0.15) is 12.6 Å². The lowest BCUT2D eigenvalue weighted by molar-refractivity contribution is -0.139. The molecule has 3 aromatic carbocycles. The number of likely N-dealkylation sites (N-methyl/N-ethyl adjacent to an activating group) is 1. The second kappa shape index (κ2) is 12.9. The number of carbonyl (C=O) groups excluding carboxylic acids is 2. The minimum absolute atomic E-state index is 0.0680. The Morgan fingerprint density at radius 1 is 0.850 bits per heavy atom. The molecule has 0 unspecified atom stereocenters. The van der Waals surface area contributed by atoms with E-state index in [1.165, 1.54) is 44.4 Å². The number of carbonyl (C=O) groups is 2. The highest BCUT2D eigenvalue weighted by atomic mass is 32.2. The Hall–Kier alpha value is -4.05. The summed E-state index contributed by atoms with van der Waals surface area (Å²) in [6, 6.07) is 16.4. The van der Waals surface area contributed by atoms with Gasteiger partial charge in [0.05, 0.1) is 24.8 Å². The molecule has 0 radical (unpaired) electrons. The summed E-state index contributed by atoms with van der Waals surface area (Å²) in [5.74, 6) is -0.273. The fourth-order valence-electron chi connectivity index (χ4n) is 4.41. The van der Waals surface area contributed by atoms with E-state index in [4.69, 9.17) is 9.47 Å². The molecule has 0 aliphatic rings. The van der Waals surface area contributed by atoms with Crippen LogP contribution >= 0.6 is 0 Å². The maximum Gasteiger partial charge on any atom is 0.264 e. The van der Waals surface area contributed by atoms with Crippen LogP contribution < -0.4 is 19.1 Å². The molecule has 0 bridgehead atoms. The third kappa shape index (κ3) is 6.93. The number of nitrogens with one attached hydrogen (secondary N) is 1. The average molecular weight is 568 g/mol. The Morgan fingerprint density at radius 3 is 2.00 bits per heavy atom. The average Bonchev–Trinajstić information content (AvgIpc) is 2.93. The number of hydrogen-bond donors (Lipinski definition) is 1. The molecule has 10 heteroatoms. The number of amides is 2. The summed E-state index contributed by atoms with van der Waals surface area (Å²) in [4.78, 5) is 27.9. The van der Waals surface area contributed by atoms with Gasteiger partial charge in [-0.3, -0.25) is 13.9 Å². The molecule has 0 aromatic heterocycles. The predicted molar refractivity (Wildman–Crippen MR) is 155 cm³/mol. The van der Waals surface area contributed by atoms with E-state index in [0.29, 0.717) is 11.4 Å². The predicted octanol–water partition coefficient (Wildman–Crippen LogP) is 3.99. The Labute approximate surface area is 236 Å². The molecule has 0 aliphatic carbocycles. The van der Waals surface area contributed by atoms with Gasteiger partial charge in [0, 0.05) is 19.7 Å². The van der Waals surface area contributed by atoms with Gasteiger partial charge in [0.25, 0.3) is 10.0 Å². The Morgan fingerprint density at radius 2 is 1.45 bits per heavy atom. The molecule has 0 spiro atoms.